The highest BCUT2D eigenvalue weighted by Gasteiger charge is 2.26. The minimum absolute atomic E-state index is 0.153. The van der Waals surface area contributed by atoms with Crippen LogP contribution in [-0.2, 0) is 4.79 Å². The number of rotatable bonds is 38. The molecule has 0 aromatic carbocycles. The molecule has 0 saturated carbocycles. The van der Waals surface area contributed by atoms with Crippen molar-refractivity contribution in [1.29, 1.82) is 0 Å². The smallest absolute Gasteiger partial charge is 0.220 e. The van der Waals surface area contributed by atoms with Crippen LogP contribution in [0.15, 0.2) is 12.2 Å². The quantitative estimate of drug-likeness (QED) is 0.0390. The van der Waals surface area contributed by atoms with Gasteiger partial charge >= 0.3 is 0 Å². The molecule has 5 nitrogen and oxygen atoms in total. The summed E-state index contributed by atoms with van der Waals surface area (Å²) in [5.41, 5.74) is 0. The molecule has 1 amide bonds. The molecule has 3 atom stereocenters. The Hall–Kier alpha value is -0.910. The molecule has 0 bridgehead atoms. The van der Waals surface area contributed by atoms with Gasteiger partial charge in [-0.2, -0.15) is 0 Å². The molecule has 0 aromatic heterocycles. The summed E-state index contributed by atoms with van der Waals surface area (Å²) in [4.78, 5) is 12.4. The fraction of sp³-hybridized carbons (Fsp3) is 0.929. The van der Waals surface area contributed by atoms with E-state index in [0.29, 0.717) is 12.8 Å². The molecule has 0 spiro atoms. The summed E-state index contributed by atoms with van der Waals surface area (Å²) in [7, 11) is 0. The van der Waals surface area contributed by atoms with Crippen LogP contribution in [0, 0.1) is 0 Å². The van der Waals surface area contributed by atoms with E-state index in [1.807, 2.05) is 0 Å². The van der Waals surface area contributed by atoms with Crippen LogP contribution < -0.4 is 5.32 Å². The number of allylic oxidation sites excluding steroid dienone is 2. The van der Waals surface area contributed by atoms with Crippen molar-refractivity contribution in [2.24, 2.45) is 0 Å². The number of carbonyl (C=O) groups is 1. The summed E-state index contributed by atoms with van der Waals surface area (Å²) in [6, 6.07) is -0.819. The van der Waals surface area contributed by atoms with Gasteiger partial charge in [0, 0.05) is 6.42 Å². The Labute approximate surface area is 293 Å². The lowest BCUT2D eigenvalue weighted by atomic mass is 10.0. The lowest BCUT2D eigenvalue weighted by Gasteiger charge is -2.26. The van der Waals surface area contributed by atoms with Crippen molar-refractivity contribution < 1.29 is 20.1 Å². The normalized spacial score (nSPS) is 13.7. The molecule has 0 aliphatic heterocycles. The van der Waals surface area contributed by atoms with Crippen molar-refractivity contribution in [2.75, 3.05) is 6.61 Å². The SMILES string of the molecule is CCCCCCCCCCCCCCCCCC/C=C/CCCC(O)C(O)C(CO)NC(=O)CCCCCCCCCCCCCC. The van der Waals surface area contributed by atoms with Crippen LogP contribution in [0.25, 0.3) is 0 Å². The maximum atomic E-state index is 12.4. The summed E-state index contributed by atoms with van der Waals surface area (Å²) < 4.78 is 0. The predicted octanol–water partition coefficient (Wildman–Crippen LogP) is 11.7. The fourth-order valence-electron chi connectivity index (χ4n) is 6.57. The van der Waals surface area contributed by atoms with Crippen LogP contribution in [0.2, 0.25) is 0 Å². The topological polar surface area (TPSA) is 89.8 Å². The number of nitrogens with one attached hydrogen (secondary N) is 1. The number of aliphatic hydroxyl groups is 3. The van der Waals surface area contributed by atoms with E-state index in [0.717, 1.165) is 38.5 Å². The lowest BCUT2D eigenvalue weighted by molar-refractivity contribution is -0.124. The van der Waals surface area contributed by atoms with Crippen LogP contribution in [0.5, 0.6) is 0 Å². The summed E-state index contributed by atoms with van der Waals surface area (Å²) in [5, 5.41) is 33.4. The van der Waals surface area contributed by atoms with Gasteiger partial charge in [0.25, 0.3) is 0 Å². The first-order valence-corrected chi connectivity index (χ1v) is 21.0. The van der Waals surface area contributed by atoms with Crippen molar-refractivity contribution >= 4 is 5.91 Å². The van der Waals surface area contributed by atoms with Crippen LogP contribution >= 0.6 is 0 Å². The molecular weight excluding hydrogens is 582 g/mol. The monoisotopic (exact) mass is 666 g/mol. The predicted molar refractivity (Wildman–Crippen MR) is 204 cm³/mol. The van der Waals surface area contributed by atoms with Gasteiger partial charge in [-0.3, -0.25) is 4.79 Å². The summed E-state index contributed by atoms with van der Waals surface area (Å²) in [6.07, 6.45) is 43.2. The van der Waals surface area contributed by atoms with Crippen LogP contribution in [0.3, 0.4) is 0 Å². The molecule has 0 fully saturated rings. The second-order valence-corrected chi connectivity index (χ2v) is 14.5. The molecule has 0 saturated heterocycles. The number of unbranched alkanes of at least 4 members (excludes halogenated alkanes) is 28. The van der Waals surface area contributed by atoms with Crippen LogP contribution in [0.4, 0.5) is 0 Å². The van der Waals surface area contributed by atoms with Crippen LogP contribution in [-0.4, -0.2) is 46.1 Å². The molecular formula is C42H83NO4. The van der Waals surface area contributed by atoms with E-state index in [2.05, 4.69) is 31.3 Å². The van der Waals surface area contributed by atoms with E-state index in [1.165, 1.54) is 161 Å². The van der Waals surface area contributed by atoms with E-state index in [1.54, 1.807) is 0 Å². The first-order chi connectivity index (χ1) is 23.1. The van der Waals surface area contributed by atoms with Crippen LogP contribution in [0.1, 0.15) is 226 Å². The summed E-state index contributed by atoms with van der Waals surface area (Å²) in [6.45, 7) is 4.17. The highest BCUT2D eigenvalue weighted by Crippen LogP contribution is 2.16. The van der Waals surface area contributed by atoms with Crippen molar-refractivity contribution in [1.82, 2.24) is 5.32 Å². The third-order valence-corrected chi connectivity index (χ3v) is 9.87. The van der Waals surface area contributed by atoms with Gasteiger partial charge in [0.1, 0.15) is 6.10 Å². The van der Waals surface area contributed by atoms with Gasteiger partial charge in [0.05, 0.1) is 18.8 Å². The maximum Gasteiger partial charge on any atom is 0.220 e. The molecule has 0 aliphatic carbocycles. The zero-order chi connectivity index (χ0) is 34.5. The Bertz CT molecular complexity index is 655. The number of hydrogen-bond donors (Lipinski definition) is 4. The number of hydrogen-bond acceptors (Lipinski definition) is 4. The van der Waals surface area contributed by atoms with Gasteiger partial charge in [0.2, 0.25) is 5.91 Å². The van der Waals surface area contributed by atoms with Crippen molar-refractivity contribution in [3.8, 4) is 0 Å². The Balaban J connectivity index is 3.64. The highest BCUT2D eigenvalue weighted by atomic mass is 16.3. The first kappa shape index (κ1) is 46.1. The van der Waals surface area contributed by atoms with E-state index < -0.39 is 18.2 Å². The molecule has 4 N–H and O–H groups in total. The van der Waals surface area contributed by atoms with Crippen molar-refractivity contribution in [3.05, 3.63) is 12.2 Å². The Morgan fingerprint density at radius 2 is 0.851 bits per heavy atom. The Kier molecular flexibility index (Phi) is 37.2. The second kappa shape index (κ2) is 37.9. The maximum absolute atomic E-state index is 12.4. The van der Waals surface area contributed by atoms with E-state index in [9.17, 15) is 20.1 Å². The van der Waals surface area contributed by atoms with Crippen molar-refractivity contribution in [2.45, 2.75) is 244 Å². The minimum atomic E-state index is -1.15. The van der Waals surface area contributed by atoms with Gasteiger partial charge in [-0.25, -0.2) is 0 Å². The van der Waals surface area contributed by atoms with E-state index in [-0.39, 0.29) is 12.5 Å². The summed E-state index contributed by atoms with van der Waals surface area (Å²) in [5.74, 6) is -0.153. The van der Waals surface area contributed by atoms with E-state index >= 15 is 0 Å². The number of amides is 1. The largest absolute Gasteiger partial charge is 0.394 e. The number of aliphatic hydroxyl groups excluding tert-OH is 3. The van der Waals surface area contributed by atoms with Gasteiger partial charge in [-0.1, -0.05) is 193 Å². The van der Waals surface area contributed by atoms with Gasteiger partial charge in [-0.15, -0.1) is 0 Å². The van der Waals surface area contributed by atoms with Crippen molar-refractivity contribution in [3.63, 3.8) is 0 Å². The average molecular weight is 666 g/mol. The molecule has 47 heavy (non-hydrogen) atoms. The lowest BCUT2D eigenvalue weighted by Crippen LogP contribution is -2.50. The van der Waals surface area contributed by atoms with E-state index in [4.69, 9.17) is 0 Å². The zero-order valence-electron chi connectivity index (χ0n) is 31.7. The summed E-state index contributed by atoms with van der Waals surface area (Å²) >= 11 is 0. The molecule has 0 rings (SSSR count). The zero-order valence-corrected chi connectivity index (χ0v) is 31.7. The first-order valence-electron chi connectivity index (χ1n) is 21.0. The highest BCUT2D eigenvalue weighted by molar-refractivity contribution is 5.76. The number of carbonyl (C=O) groups excluding carboxylic acids is 1. The van der Waals surface area contributed by atoms with Gasteiger partial charge in [0.15, 0.2) is 0 Å². The van der Waals surface area contributed by atoms with Gasteiger partial charge < -0.3 is 20.6 Å². The molecule has 5 heteroatoms. The molecule has 0 radical (unpaired) electrons. The minimum Gasteiger partial charge on any atom is -0.394 e. The molecule has 0 aromatic rings. The fourth-order valence-corrected chi connectivity index (χ4v) is 6.57. The molecule has 3 unspecified atom stereocenters. The Morgan fingerprint density at radius 3 is 1.23 bits per heavy atom. The average Bonchev–Trinajstić information content (AvgIpc) is 3.07. The molecule has 0 aliphatic rings. The Morgan fingerprint density at radius 1 is 0.511 bits per heavy atom. The standard InChI is InChI=1S/C42H83NO4/c1-3-5-7-9-11-13-15-17-18-19-20-21-22-23-24-25-26-28-30-32-34-36-40(45)42(47)39(38-44)43-41(46)37-35-33-31-29-27-16-14-12-10-8-6-4-2/h28,30,39-40,42,44-45,47H,3-27,29,31-38H2,1-2H3,(H,43,46)/b30-28+. The molecule has 280 valence electrons. The van der Waals surface area contributed by atoms with Gasteiger partial charge in [-0.05, 0) is 38.5 Å². The third kappa shape index (κ3) is 33.4. The molecule has 0 heterocycles. The third-order valence-electron chi connectivity index (χ3n) is 9.87. The second-order valence-electron chi connectivity index (χ2n) is 14.5.